The summed E-state index contributed by atoms with van der Waals surface area (Å²) in [4.78, 5) is 0. The van der Waals surface area contributed by atoms with E-state index in [9.17, 15) is 26.3 Å². The molecule has 0 amide bonds. The van der Waals surface area contributed by atoms with E-state index in [1.807, 2.05) is 12.1 Å². The molecule has 0 atom stereocenters. The number of rotatable bonds is 10. The third-order valence-corrected chi connectivity index (χ3v) is 8.96. The van der Waals surface area contributed by atoms with E-state index >= 15 is 4.39 Å². The summed E-state index contributed by atoms with van der Waals surface area (Å²) >= 11 is 5.33. The lowest BCUT2D eigenvalue weighted by molar-refractivity contribution is -0.189. The largest absolute Gasteiger partial charge is 0.432 e. The topological polar surface area (TPSA) is 9.23 Å². The van der Waals surface area contributed by atoms with Crippen molar-refractivity contribution in [3.63, 3.8) is 0 Å². The number of benzene rings is 4. The fourth-order valence-electron chi connectivity index (χ4n) is 6.14. The summed E-state index contributed by atoms with van der Waals surface area (Å²) in [6.07, 6.45) is 5.24. The number of unbranched alkanes of at least 4 members (excludes halogenated alkanes) is 2. The van der Waals surface area contributed by atoms with Gasteiger partial charge in [-0.3, -0.25) is 0 Å². The van der Waals surface area contributed by atoms with Gasteiger partial charge in [0.2, 0.25) is 0 Å². The van der Waals surface area contributed by atoms with Crippen molar-refractivity contribution in [1.29, 1.82) is 0 Å². The lowest BCUT2D eigenvalue weighted by atomic mass is 9.77. The minimum absolute atomic E-state index is 0.207. The molecule has 4 aromatic carbocycles. The summed E-state index contributed by atoms with van der Waals surface area (Å²) in [7, 11) is 0. The lowest BCUT2D eigenvalue weighted by Gasteiger charge is -2.29. The molecule has 1 aliphatic carbocycles. The highest BCUT2D eigenvalue weighted by Gasteiger charge is 2.41. The van der Waals surface area contributed by atoms with Crippen molar-refractivity contribution in [1.82, 2.24) is 0 Å². The van der Waals surface area contributed by atoms with E-state index in [1.54, 1.807) is 6.07 Å². The minimum atomic E-state index is -4.66. The van der Waals surface area contributed by atoms with Crippen LogP contribution in [-0.2, 0) is 6.11 Å². The van der Waals surface area contributed by atoms with Gasteiger partial charge in [0, 0.05) is 17.7 Å². The summed E-state index contributed by atoms with van der Waals surface area (Å²) < 4.78 is 106. The molecule has 45 heavy (non-hydrogen) atoms. The van der Waals surface area contributed by atoms with Crippen LogP contribution in [0.1, 0.15) is 75.3 Å². The monoisotopic (exact) mass is 648 g/mol. The quantitative estimate of drug-likeness (QED) is 0.0944. The molecule has 0 radical (unpaired) electrons. The molecule has 0 aliphatic heterocycles. The normalized spacial score (nSPS) is 17.0. The lowest BCUT2D eigenvalue weighted by Crippen LogP contribution is -2.25. The Labute approximate surface area is 263 Å². The number of halogens is 8. The van der Waals surface area contributed by atoms with Crippen LogP contribution in [0.3, 0.4) is 0 Å². The summed E-state index contributed by atoms with van der Waals surface area (Å²) in [6, 6.07) is 13.9. The highest BCUT2D eigenvalue weighted by atomic mass is 35.5. The Hall–Kier alpha value is -3.52. The van der Waals surface area contributed by atoms with E-state index < -0.39 is 51.5 Å². The molecule has 5 rings (SSSR count). The molecule has 1 nitrogen and oxygen atoms in total. The Bertz CT molecular complexity index is 1600. The van der Waals surface area contributed by atoms with Gasteiger partial charge in [-0.25, -0.2) is 22.0 Å². The molecule has 1 saturated carbocycles. The van der Waals surface area contributed by atoms with Crippen LogP contribution in [0.2, 0.25) is 5.02 Å². The van der Waals surface area contributed by atoms with E-state index in [0.717, 1.165) is 24.3 Å². The first-order valence-electron chi connectivity index (χ1n) is 15.1. The molecule has 0 bridgehead atoms. The SMILES string of the molecule is CCCCCC1CCC(c2ccc(-c3ccc(-c4cc(F)c(C(F)(F)Oc5cc(F)c(Cl)c(F)c5)c(F)c4)c(F)c3)cc2)CC1. The van der Waals surface area contributed by atoms with Crippen LogP contribution in [0, 0.1) is 35.0 Å². The van der Waals surface area contributed by atoms with Crippen LogP contribution < -0.4 is 4.74 Å². The van der Waals surface area contributed by atoms with Gasteiger partial charge in [-0.05, 0) is 78.0 Å². The third-order valence-electron chi connectivity index (χ3n) is 8.59. The van der Waals surface area contributed by atoms with Gasteiger partial charge in [-0.15, -0.1) is 0 Å². The van der Waals surface area contributed by atoms with Crippen molar-refractivity contribution in [2.24, 2.45) is 5.92 Å². The van der Waals surface area contributed by atoms with E-state index in [0.29, 0.717) is 35.7 Å². The Kier molecular flexibility index (Phi) is 10.1. The van der Waals surface area contributed by atoms with Crippen molar-refractivity contribution in [2.75, 3.05) is 0 Å². The van der Waals surface area contributed by atoms with Gasteiger partial charge in [0.25, 0.3) is 0 Å². The van der Waals surface area contributed by atoms with Crippen LogP contribution in [0.25, 0.3) is 22.3 Å². The standard InChI is InChI=1S/C36H32ClF7O/c1-2-3-4-5-21-6-8-22(9-7-21)23-10-12-24(13-11-23)25-14-15-28(29(38)16-25)26-17-30(39)34(31(40)18-26)36(43,44)45-27-19-32(41)35(37)33(42)20-27/h10-22H,2-9H2,1H3. The Morgan fingerprint density at radius 3 is 1.84 bits per heavy atom. The van der Waals surface area contributed by atoms with Gasteiger partial charge >= 0.3 is 6.11 Å². The fourth-order valence-corrected chi connectivity index (χ4v) is 6.25. The second-order valence-electron chi connectivity index (χ2n) is 11.7. The molecule has 238 valence electrons. The van der Waals surface area contributed by atoms with Crippen LogP contribution in [0.4, 0.5) is 30.7 Å². The predicted molar refractivity (Wildman–Crippen MR) is 162 cm³/mol. The molecular weight excluding hydrogens is 617 g/mol. The van der Waals surface area contributed by atoms with Crippen molar-refractivity contribution >= 4 is 11.6 Å². The van der Waals surface area contributed by atoms with Gasteiger partial charge in [0.1, 0.15) is 45.4 Å². The highest BCUT2D eigenvalue weighted by Crippen LogP contribution is 2.40. The zero-order valence-electron chi connectivity index (χ0n) is 24.6. The Morgan fingerprint density at radius 1 is 0.689 bits per heavy atom. The Morgan fingerprint density at radius 2 is 1.27 bits per heavy atom. The first-order valence-corrected chi connectivity index (χ1v) is 15.5. The molecule has 9 heteroatoms. The molecule has 1 fully saturated rings. The van der Waals surface area contributed by atoms with Gasteiger partial charge < -0.3 is 4.74 Å². The summed E-state index contributed by atoms with van der Waals surface area (Å²) in [5.74, 6) is -6.81. The van der Waals surface area contributed by atoms with Crippen LogP contribution in [0.15, 0.2) is 66.7 Å². The molecule has 4 aromatic rings. The zero-order valence-corrected chi connectivity index (χ0v) is 25.4. The van der Waals surface area contributed by atoms with Gasteiger partial charge in [0.15, 0.2) is 0 Å². The first kappa shape index (κ1) is 32.9. The number of ether oxygens (including phenoxy) is 1. The number of hydrogen-bond acceptors (Lipinski definition) is 1. The average molecular weight is 649 g/mol. The average Bonchev–Trinajstić information content (AvgIpc) is 2.99. The maximum atomic E-state index is 15.2. The third kappa shape index (κ3) is 7.49. The smallest absolute Gasteiger partial charge is 0.429 e. The predicted octanol–water partition coefficient (Wildman–Crippen LogP) is 12.4. The van der Waals surface area contributed by atoms with Gasteiger partial charge in [-0.2, -0.15) is 8.78 Å². The maximum Gasteiger partial charge on any atom is 0.432 e. The fraction of sp³-hybridized carbons (Fsp3) is 0.333. The van der Waals surface area contributed by atoms with Crippen molar-refractivity contribution < 1.29 is 35.5 Å². The summed E-state index contributed by atoms with van der Waals surface area (Å²) in [5.41, 5.74) is 0.226. The van der Waals surface area contributed by atoms with Crippen molar-refractivity contribution in [3.05, 3.63) is 112 Å². The number of hydrogen-bond donors (Lipinski definition) is 0. The van der Waals surface area contributed by atoms with Crippen LogP contribution in [-0.4, -0.2) is 0 Å². The molecule has 0 heterocycles. The van der Waals surface area contributed by atoms with E-state index in [-0.39, 0.29) is 11.1 Å². The van der Waals surface area contributed by atoms with Crippen LogP contribution in [0.5, 0.6) is 5.75 Å². The van der Waals surface area contributed by atoms with Gasteiger partial charge in [-0.1, -0.05) is 80.6 Å². The summed E-state index contributed by atoms with van der Waals surface area (Å²) in [5, 5.41) is -0.956. The zero-order chi connectivity index (χ0) is 32.3. The van der Waals surface area contributed by atoms with E-state index in [2.05, 4.69) is 23.8 Å². The second-order valence-corrected chi connectivity index (χ2v) is 12.0. The van der Waals surface area contributed by atoms with E-state index in [1.165, 1.54) is 56.2 Å². The molecule has 0 saturated heterocycles. The Balaban J connectivity index is 1.30. The molecular formula is C36H32ClF7O. The van der Waals surface area contributed by atoms with E-state index in [4.69, 9.17) is 11.6 Å². The first-order chi connectivity index (χ1) is 21.5. The molecule has 0 unspecified atom stereocenters. The van der Waals surface area contributed by atoms with Crippen LogP contribution >= 0.6 is 11.6 Å². The molecule has 1 aliphatic rings. The molecule has 0 spiro atoms. The second kappa shape index (κ2) is 13.9. The number of alkyl halides is 2. The summed E-state index contributed by atoms with van der Waals surface area (Å²) in [6.45, 7) is 2.22. The molecule has 0 aromatic heterocycles. The minimum Gasteiger partial charge on any atom is -0.429 e. The van der Waals surface area contributed by atoms with Crippen molar-refractivity contribution in [2.45, 2.75) is 70.3 Å². The maximum absolute atomic E-state index is 15.2. The van der Waals surface area contributed by atoms with Crippen molar-refractivity contribution in [3.8, 4) is 28.0 Å². The molecule has 0 N–H and O–H groups in total. The highest BCUT2D eigenvalue weighted by molar-refractivity contribution is 6.30. The van der Waals surface area contributed by atoms with Gasteiger partial charge in [0.05, 0.1) is 0 Å².